The number of rotatable bonds is 5. The highest BCUT2D eigenvalue weighted by molar-refractivity contribution is 5.86. The summed E-state index contributed by atoms with van der Waals surface area (Å²) in [6, 6.07) is 5.34. The largest absolute Gasteiger partial charge is 0.416 e. The molecule has 0 saturated heterocycles. The Balaban J connectivity index is 2.70. The third-order valence-electron chi connectivity index (χ3n) is 2.95. The summed E-state index contributed by atoms with van der Waals surface area (Å²) in [4.78, 5) is 0. The Morgan fingerprint density at radius 2 is 1.70 bits per heavy atom. The second-order valence-electron chi connectivity index (χ2n) is 5.29. The highest BCUT2D eigenvalue weighted by atomic mass is 19.4. The molecule has 112 valence electrons. The second-order valence-corrected chi connectivity index (χ2v) is 5.29. The molecule has 0 spiro atoms. The molecule has 0 atom stereocenters. The molecule has 0 aliphatic rings. The van der Waals surface area contributed by atoms with E-state index >= 15 is 0 Å². The van der Waals surface area contributed by atoms with Crippen LogP contribution in [-0.4, -0.2) is 24.8 Å². The highest BCUT2D eigenvalue weighted by Crippen LogP contribution is 2.29. The molecule has 0 aromatic heterocycles. The van der Waals surface area contributed by atoms with Crippen molar-refractivity contribution in [3.05, 3.63) is 35.4 Å². The molecule has 0 aliphatic heterocycles. The molecular weight excluding hydrogens is 265 g/mol. The van der Waals surface area contributed by atoms with Gasteiger partial charge in [-0.05, 0) is 36.5 Å². The highest BCUT2D eigenvalue weighted by Gasteiger charge is 2.29. The minimum absolute atomic E-state index is 0.326. The van der Waals surface area contributed by atoms with Crippen molar-refractivity contribution in [1.29, 1.82) is 0 Å². The first-order valence-electron chi connectivity index (χ1n) is 6.61. The molecule has 0 fully saturated rings. The third-order valence-corrected chi connectivity index (χ3v) is 2.95. The number of nitrogens with zero attached hydrogens (tertiary/aromatic N) is 2. The maximum atomic E-state index is 12.5. The first-order valence-corrected chi connectivity index (χ1v) is 6.61. The number of hydrogen-bond donors (Lipinski definition) is 0. The lowest BCUT2D eigenvalue weighted by atomic mass is 9.99. The molecule has 1 aromatic carbocycles. The van der Waals surface area contributed by atoms with E-state index in [1.807, 2.05) is 14.1 Å². The van der Waals surface area contributed by atoms with E-state index in [0.29, 0.717) is 12.3 Å². The molecule has 0 amide bonds. The van der Waals surface area contributed by atoms with Crippen LogP contribution in [0.2, 0.25) is 0 Å². The van der Waals surface area contributed by atoms with Crippen LogP contribution in [0.15, 0.2) is 29.4 Å². The molecular formula is C15H21F3N2. The molecule has 1 aromatic rings. The fourth-order valence-electron chi connectivity index (χ4n) is 1.84. The Kier molecular flexibility index (Phi) is 5.60. The first kappa shape index (κ1) is 16.5. The maximum Gasteiger partial charge on any atom is 0.416 e. The van der Waals surface area contributed by atoms with Crippen molar-refractivity contribution in [2.75, 3.05) is 14.1 Å². The van der Waals surface area contributed by atoms with Gasteiger partial charge in [0.2, 0.25) is 0 Å². The number of hydrazone groups is 1. The van der Waals surface area contributed by atoms with Crippen LogP contribution in [-0.2, 0) is 12.6 Å². The van der Waals surface area contributed by atoms with Gasteiger partial charge in [0.15, 0.2) is 0 Å². The van der Waals surface area contributed by atoms with Crippen molar-refractivity contribution >= 4 is 5.71 Å². The van der Waals surface area contributed by atoms with E-state index in [-0.39, 0.29) is 0 Å². The summed E-state index contributed by atoms with van der Waals surface area (Å²) in [7, 11) is 3.72. The topological polar surface area (TPSA) is 15.6 Å². The molecule has 2 nitrogen and oxygen atoms in total. The molecule has 0 aliphatic carbocycles. The summed E-state index contributed by atoms with van der Waals surface area (Å²) in [5, 5.41) is 6.17. The van der Waals surface area contributed by atoms with Gasteiger partial charge in [-0.1, -0.05) is 26.0 Å². The predicted octanol–water partition coefficient (Wildman–Crippen LogP) is 4.21. The van der Waals surface area contributed by atoms with Gasteiger partial charge in [-0.3, -0.25) is 0 Å². The van der Waals surface area contributed by atoms with E-state index in [4.69, 9.17) is 0 Å². The Morgan fingerprint density at radius 1 is 1.15 bits per heavy atom. The van der Waals surface area contributed by atoms with Crippen LogP contribution in [0.1, 0.15) is 31.4 Å². The zero-order valence-electron chi connectivity index (χ0n) is 12.3. The Labute approximate surface area is 118 Å². The zero-order chi connectivity index (χ0) is 15.3. The molecule has 5 heteroatoms. The summed E-state index contributed by atoms with van der Waals surface area (Å²) >= 11 is 0. The van der Waals surface area contributed by atoms with Gasteiger partial charge in [-0.2, -0.15) is 18.3 Å². The summed E-state index contributed by atoms with van der Waals surface area (Å²) < 4.78 is 37.4. The van der Waals surface area contributed by atoms with Crippen molar-refractivity contribution in [3.8, 4) is 0 Å². The van der Waals surface area contributed by atoms with Crippen LogP contribution < -0.4 is 0 Å². The van der Waals surface area contributed by atoms with Gasteiger partial charge in [-0.15, -0.1) is 0 Å². The van der Waals surface area contributed by atoms with E-state index in [1.165, 1.54) is 12.1 Å². The van der Waals surface area contributed by atoms with Gasteiger partial charge in [-0.25, -0.2) is 0 Å². The second kappa shape index (κ2) is 6.77. The van der Waals surface area contributed by atoms with Crippen LogP contribution in [0.3, 0.4) is 0 Å². The SMILES string of the molecule is CC(C)C(CCc1ccc(C(F)(F)F)cc1)=NN(C)C. The molecule has 0 unspecified atom stereocenters. The summed E-state index contributed by atoms with van der Waals surface area (Å²) in [6.45, 7) is 4.13. The number of benzene rings is 1. The van der Waals surface area contributed by atoms with Crippen LogP contribution >= 0.6 is 0 Å². The van der Waals surface area contributed by atoms with Crippen molar-refractivity contribution < 1.29 is 13.2 Å². The Hall–Kier alpha value is -1.52. The minimum atomic E-state index is -4.27. The third kappa shape index (κ3) is 5.23. The Bertz CT molecular complexity index is 445. The lowest BCUT2D eigenvalue weighted by Crippen LogP contribution is -2.15. The minimum Gasteiger partial charge on any atom is -0.303 e. The standard InChI is InChI=1S/C15H21F3N2/c1-11(2)14(19-20(3)4)10-7-12-5-8-13(9-6-12)15(16,17)18/h5-6,8-9,11H,7,10H2,1-4H3. The molecule has 0 saturated carbocycles. The lowest BCUT2D eigenvalue weighted by Gasteiger charge is -2.14. The fourth-order valence-corrected chi connectivity index (χ4v) is 1.84. The average molecular weight is 286 g/mol. The van der Waals surface area contributed by atoms with E-state index in [0.717, 1.165) is 29.8 Å². The van der Waals surface area contributed by atoms with Crippen molar-refractivity contribution in [2.45, 2.75) is 32.9 Å². The van der Waals surface area contributed by atoms with E-state index in [9.17, 15) is 13.2 Å². The van der Waals surface area contributed by atoms with Gasteiger partial charge < -0.3 is 5.01 Å². The number of halogens is 3. The first-order chi connectivity index (χ1) is 9.20. The molecule has 0 bridgehead atoms. The quantitative estimate of drug-likeness (QED) is 0.585. The van der Waals surface area contributed by atoms with Gasteiger partial charge >= 0.3 is 6.18 Å². The summed E-state index contributed by atoms with van der Waals surface area (Å²) in [5.74, 6) is 0.326. The van der Waals surface area contributed by atoms with Crippen LogP contribution in [0, 0.1) is 5.92 Å². The van der Waals surface area contributed by atoms with Gasteiger partial charge in [0.1, 0.15) is 0 Å². The molecule has 0 heterocycles. The number of aryl methyl sites for hydroxylation is 1. The molecule has 20 heavy (non-hydrogen) atoms. The van der Waals surface area contributed by atoms with Crippen molar-refractivity contribution in [1.82, 2.24) is 5.01 Å². The number of hydrogen-bond acceptors (Lipinski definition) is 2. The lowest BCUT2D eigenvalue weighted by molar-refractivity contribution is -0.137. The predicted molar refractivity (Wildman–Crippen MR) is 75.7 cm³/mol. The van der Waals surface area contributed by atoms with E-state index in [2.05, 4.69) is 18.9 Å². The maximum absolute atomic E-state index is 12.5. The molecule has 0 N–H and O–H groups in total. The van der Waals surface area contributed by atoms with Gasteiger partial charge in [0.05, 0.1) is 5.56 Å². The monoisotopic (exact) mass is 286 g/mol. The van der Waals surface area contributed by atoms with Crippen LogP contribution in [0.25, 0.3) is 0 Å². The number of alkyl halides is 3. The fraction of sp³-hybridized carbons (Fsp3) is 0.533. The van der Waals surface area contributed by atoms with Gasteiger partial charge in [0, 0.05) is 19.8 Å². The van der Waals surface area contributed by atoms with Crippen LogP contribution in [0.4, 0.5) is 13.2 Å². The Morgan fingerprint density at radius 3 is 2.10 bits per heavy atom. The molecule has 0 radical (unpaired) electrons. The van der Waals surface area contributed by atoms with Crippen LogP contribution in [0.5, 0.6) is 0 Å². The van der Waals surface area contributed by atoms with Crippen molar-refractivity contribution in [2.24, 2.45) is 11.0 Å². The molecule has 1 rings (SSSR count). The normalized spacial score (nSPS) is 12.9. The van der Waals surface area contributed by atoms with E-state index in [1.54, 1.807) is 5.01 Å². The van der Waals surface area contributed by atoms with E-state index < -0.39 is 11.7 Å². The van der Waals surface area contributed by atoms with Gasteiger partial charge in [0.25, 0.3) is 0 Å². The average Bonchev–Trinajstić information content (AvgIpc) is 2.33. The summed E-state index contributed by atoms with van der Waals surface area (Å²) in [6.07, 6.45) is -2.82. The summed E-state index contributed by atoms with van der Waals surface area (Å²) in [5.41, 5.74) is 1.34. The van der Waals surface area contributed by atoms with Crippen molar-refractivity contribution in [3.63, 3.8) is 0 Å². The smallest absolute Gasteiger partial charge is 0.303 e. The zero-order valence-corrected chi connectivity index (χ0v) is 12.3.